The molecule has 1 N–H and O–H groups in total. The number of nitrogens with zero attached hydrogens (tertiary/aromatic N) is 1. The molecular formula is C20H28N2O3. The van der Waals surface area contributed by atoms with Crippen LogP contribution >= 0.6 is 0 Å². The van der Waals surface area contributed by atoms with E-state index in [-0.39, 0.29) is 12.1 Å². The number of para-hydroxylation sites is 1. The fourth-order valence-corrected chi connectivity index (χ4v) is 3.70. The Morgan fingerprint density at radius 1 is 1.16 bits per heavy atom. The molecule has 1 saturated carbocycles. The quantitative estimate of drug-likeness (QED) is 0.909. The number of fused-ring (bicyclic) bond motifs is 1. The number of hydrogen-bond donors (Lipinski definition) is 1. The van der Waals surface area contributed by atoms with Crippen molar-refractivity contribution in [3.63, 3.8) is 0 Å². The third-order valence-electron chi connectivity index (χ3n) is 5.48. The number of carbonyl (C=O) groups is 1. The molecular weight excluding hydrogens is 316 g/mol. The molecule has 0 unspecified atom stereocenters. The topological polar surface area (TPSA) is 50.8 Å². The normalized spacial score (nSPS) is 24.2. The lowest BCUT2D eigenvalue weighted by atomic mass is 10.0. The Hall–Kier alpha value is -1.75. The summed E-state index contributed by atoms with van der Waals surface area (Å²) >= 11 is 0. The molecule has 5 heteroatoms. The van der Waals surface area contributed by atoms with E-state index < -0.39 is 0 Å². The lowest BCUT2D eigenvalue weighted by Crippen LogP contribution is -2.47. The maximum Gasteiger partial charge on any atom is 0.317 e. The van der Waals surface area contributed by atoms with Gasteiger partial charge in [-0.2, -0.15) is 0 Å². The van der Waals surface area contributed by atoms with Crippen molar-refractivity contribution in [1.29, 1.82) is 0 Å². The number of likely N-dealkylation sites (tertiary alicyclic amines) is 1. The summed E-state index contributed by atoms with van der Waals surface area (Å²) in [5.74, 6) is 1.70. The molecule has 1 aliphatic carbocycles. The number of hydrogen-bond acceptors (Lipinski definition) is 3. The zero-order valence-corrected chi connectivity index (χ0v) is 14.8. The second kappa shape index (κ2) is 7.65. The number of amides is 2. The summed E-state index contributed by atoms with van der Waals surface area (Å²) in [5.41, 5.74) is 1.09. The average molecular weight is 344 g/mol. The number of benzene rings is 1. The van der Waals surface area contributed by atoms with Gasteiger partial charge in [-0.3, -0.25) is 0 Å². The van der Waals surface area contributed by atoms with Crippen molar-refractivity contribution in [3.05, 3.63) is 29.8 Å². The van der Waals surface area contributed by atoms with Crippen molar-refractivity contribution >= 4 is 6.03 Å². The average Bonchev–Trinajstić information content (AvgIpc) is 3.48. The van der Waals surface area contributed by atoms with Gasteiger partial charge < -0.3 is 19.7 Å². The van der Waals surface area contributed by atoms with E-state index in [4.69, 9.17) is 9.47 Å². The van der Waals surface area contributed by atoms with Crippen LogP contribution in [0.3, 0.4) is 0 Å². The van der Waals surface area contributed by atoms with Gasteiger partial charge in [-0.05, 0) is 50.5 Å². The van der Waals surface area contributed by atoms with Crippen LogP contribution in [0.4, 0.5) is 4.79 Å². The lowest BCUT2D eigenvalue weighted by Gasteiger charge is -2.33. The molecule has 0 bridgehead atoms. The number of nitrogens with one attached hydrogen (secondary N) is 1. The summed E-state index contributed by atoms with van der Waals surface area (Å²) in [6, 6.07) is 8.12. The number of piperidine rings is 1. The van der Waals surface area contributed by atoms with Crippen LogP contribution in [0.1, 0.15) is 50.1 Å². The highest BCUT2D eigenvalue weighted by molar-refractivity contribution is 5.75. The Kier molecular flexibility index (Phi) is 5.11. The summed E-state index contributed by atoms with van der Waals surface area (Å²) in [6.45, 7) is 3.20. The molecule has 1 saturated heterocycles. The molecule has 5 nitrogen and oxygen atoms in total. The van der Waals surface area contributed by atoms with Gasteiger partial charge in [0.25, 0.3) is 0 Å². The molecule has 1 atom stereocenters. The molecule has 4 rings (SSSR count). The van der Waals surface area contributed by atoms with Gasteiger partial charge in [0.05, 0.1) is 18.8 Å². The minimum Gasteiger partial charge on any atom is -0.493 e. The van der Waals surface area contributed by atoms with Crippen LogP contribution in [0.25, 0.3) is 0 Å². The fraction of sp³-hybridized carbons (Fsp3) is 0.650. The highest BCUT2D eigenvalue weighted by Crippen LogP contribution is 2.32. The third kappa shape index (κ3) is 4.27. The van der Waals surface area contributed by atoms with Gasteiger partial charge in [-0.25, -0.2) is 4.79 Å². The van der Waals surface area contributed by atoms with Gasteiger partial charge in [-0.15, -0.1) is 0 Å². The Balaban J connectivity index is 1.30. The van der Waals surface area contributed by atoms with Crippen LogP contribution in [-0.4, -0.2) is 43.3 Å². The molecule has 0 spiro atoms. The molecule has 2 amide bonds. The first-order valence-corrected chi connectivity index (χ1v) is 9.68. The minimum atomic E-state index is 0.0371. The van der Waals surface area contributed by atoms with Crippen LogP contribution < -0.4 is 10.1 Å². The van der Waals surface area contributed by atoms with E-state index in [0.29, 0.717) is 12.7 Å². The first-order chi connectivity index (χ1) is 12.3. The van der Waals surface area contributed by atoms with Gasteiger partial charge in [-0.1, -0.05) is 18.2 Å². The van der Waals surface area contributed by atoms with Gasteiger partial charge in [0.15, 0.2) is 0 Å². The second-order valence-corrected chi connectivity index (χ2v) is 7.49. The SMILES string of the molecule is O=C(N[C@@H]1CCCOc2ccccc21)N1CCC(OCC2CC2)CC1. The highest BCUT2D eigenvalue weighted by Gasteiger charge is 2.28. The molecule has 3 aliphatic rings. The number of rotatable bonds is 4. The van der Waals surface area contributed by atoms with E-state index in [1.807, 2.05) is 23.1 Å². The number of carbonyl (C=O) groups excluding carboxylic acids is 1. The smallest absolute Gasteiger partial charge is 0.317 e. The number of ether oxygens (including phenoxy) is 2. The Morgan fingerprint density at radius 2 is 1.96 bits per heavy atom. The van der Waals surface area contributed by atoms with Crippen molar-refractivity contribution in [3.8, 4) is 5.75 Å². The van der Waals surface area contributed by atoms with E-state index in [1.54, 1.807) is 0 Å². The van der Waals surface area contributed by atoms with Crippen molar-refractivity contribution < 1.29 is 14.3 Å². The summed E-state index contributed by atoms with van der Waals surface area (Å²) in [6.07, 6.45) is 6.76. The minimum absolute atomic E-state index is 0.0371. The van der Waals surface area contributed by atoms with Crippen LogP contribution in [0.15, 0.2) is 24.3 Å². The molecule has 0 aromatic heterocycles. The zero-order chi connectivity index (χ0) is 17.1. The van der Waals surface area contributed by atoms with E-state index >= 15 is 0 Å². The Labute approximate surface area is 149 Å². The standard InChI is InChI=1S/C20H28N2O3/c23-20(22-11-9-16(10-12-22)25-14-15-7-8-15)21-18-5-3-13-24-19-6-2-1-4-17(18)19/h1-2,4,6,15-16,18H,3,5,7-14H2,(H,21,23)/t18-/m1/s1. The predicted molar refractivity (Wildman–Crippen MR) is 95.7 cm³/mol. The maximum atomic E-state index is 12.7. The molecule has 25 heavy (non-hydrogen) atoms. The van der Waals surface area contributed by atoms with Crippen molar-refractivity contribution in [2.24, 2.45) is 5.92 Å². The molecule has 0 radical (unpaired) electrons. The van der Waals surface area contributed by atoms with Gasteiger partial charge in [0.1, 0.15) is 5.75 Å². The first-order valence-electron chi connectivity index (χ1n) is 9.68. The molecule has 2 fully saturated rings. The van der Waals surface area contributed by atoms with E-state index in [9.17, 15) is 4.79 Å². The first kappa shape index (κ1) is 16.7. The summed E-state index contributed by atoms with van der Waals surface area (Å²) < 4.78 is 11.8. The van der Waals surface area contributed by atoms with Crippen molar-refractivity contribution in [1.82, 2.24) is 10.2 Å². The second-order valence-electron chi connectivity index (χ2n) is 7.49. The largest absolute Gasteiger partial charge is 0.493 e. The monoisotopic (exact) mass is 344 g/mol. The zero-order valence-electron chi connectivity index (χ0n) is 14.8. The third-order valence-corrected chi connectivity index (χ3v) is 5.48. The van der Waals surface area contributed by atoms with Crippen LogP contribution in [-0.2, 0) is 4.74 Å². The van der Waals surface area contributed by atoms with Crippen molar-refractivity contribution in [2.45, 2.75) is 50.7 Å². The summed E-state index contributed by atoms with van der Waals surface area (Å²) in [7, 11) is 0. The molecule has 1 aromatic rings. The Bertz CT molecular complexity index is 594. The Morgan fingerprint density at radius 3 is 2.76 bits per heavy atom. The molecule has 2 aliphatic heterocycles. The molecule has 136 valence electrons. The van der Waals surface area contributed by atoms with Gasteiger partial charge in [0.2, 0.25) is 0 Å². The molecule has 2 heterocycles. The van der Waals surface area contributed by atoms with Crippen LogP contribution in [0.2, 0.25) is 0 Å². The number of urea groups is 1. The fourth-order valence-electron chi connectivity index (χ4n) is 3.70. The summed E-state index contributed by atoms with van der Waals surface area (Å²) in [5, 5.41) is 3.23. The highest BCUT2D eigenvalue weighted by atomic mass is 16.5. The summed E-state index contributed by atoms with van der Waals surface area (Å²) in [4.78, 5) is 14.6. The van der Waals surface area contributed by atoms with Crippen LogP contribution in [0, 0.1) is 5.92 Å². The van der Waals surface area contributed by atoms with E-state index in [1.165, 1.54) is 12.8 Å². The van der Waals surface area contributed by atoms with Crippen molar-refractivity contribution in [2.75, 3.05) is 26.3 Å². The predicted octanol–water partition coefficient (Wildman–Crippen LogP) is 3.50. The lowest BCUT2D eigenvalue weighted by molar-refractivity contribution is 0.00927. The maximum absolute atomic E-state index is 12.7. The van der Waals surface area contributed by atoms with Crippen LogP contribution in [0.5, 0.6) is 5.75 Å². The molecule has 1 aromatic carbocycles. The van der Waals surface area contributed by atoms with E-state index in [2.05, 4.69) is 11.4 Å². The van der Waals surface area contributed by atoms with Gasteiger partial charge >= 0.3 is 6.03 Å². The van der Waals surface area contributed by atoms with Gasteiger partial charge in [0, 0.05) is 25.3 Å². The van der Waals surface area contributed by atoms with E-state index in [0.717, 1.165) is 62.6 Å².